The Morgan fingerprint density at radius 1 is 1.29 bits per heavy atom. The molecule has 8 heteroatoms. The molecule has 0 fully saturated rings. The van der Waals surface area contributed by atoms with Gasteiger partial charge in [-0.3, -0.25) is 9.20 Å². The van der Waals surface area contributed by atoms with Crippen molar-refractivity contribution in [3.8, 4) is 5.88 Å². The molecule has 0 atom stereocenters. The Balaban J connectivity index is 1.67. The summed E-state index contributed by atoms with van der Waals surface area (Å²) in [7, 11) is 0. The lowest BCUT2D eigenvalue weighted by atomic mass is 10.2. The Morgan fingerprint density at radius 2 is 2.17 bits per heavy atom. The predicted molar refractivity (Wildman–Crippen MR) is 87.2 cm³/mol. The van der Waals surface area contributed by atoms with Crippen LogP contribution in [-0.2, 0) is 6.54 Å². The SMILES string of the molecule is CCOc1ncccc1C(=O)NCCn1nc2ccccn2c1=O. The van der Waals surface area contributed by atoms with E-state index in [-0.39, 0.29) is 24.7 Å². The zero-order valence-corrected chi connectivity index (χ0v) is 13.2. The standard InChI is InChI=1S/C16H17N5O3/c1-2-24-15-12(6-5-8-18-15)14(22)17-9-11-21-16(23)20-10-4-3-7-13(20)19-21/h3-8,10H,2,9,11H2,1H3,(H,17,22). The molecule has 0 aliphatic heterocycles. The number of rotatable bonds is 6. The summed E-state index contributed by atoms with van der Waals surface area (Å²) < 4.78 is 8.12. The summed E-state index contributed by atoms with van der Waals surface area (Å²) in [4.78, 5) is 28.4. The van der Waals surface area contributed by atoms with Gasteiger partial charge in [0.25, 0.3) is 5.91 Å². The first-order chi connectivity index (χ1) is 11.7. The zero-order valence-electron chi connectivity index (χ0n) is 13.2. The van der Waals surface area contributed by atoms with Gasteiger partial charge in [0.2, 0.25) is 5.88 Å². The second kappa shape index (κ2) is 6.95. The summed E-state index contributed by atoms with van der Waals surface area (Å²) in [6.45, 7) is 2.79. The third-order valence-corrected chi connectivity index (χ3v) is 3.39. The lowest BCUT2D eigenvalue weighted by molar-refractivity contribution is 0.0947. The van der Waals surface area contributed by atoms with E-state index in [0.29, 0.717) is 23.7 Å². The fourth-order valence-corrected chi connectivity index (χ4v) is 2.30. The molecule has 24 heavy (non-hydrogen) atoms. The first-order valence-corrected chi connectivity index (χ1v) is 7.61. The minimum atomic E-state index is -0.302. The number of fused-ring (bicyclic) bond motifs is 1. The molecule has 0 unspecified atom stereocenters. The van der Waals surface area contributed by atoms with Crippen molar-refractivity contribution in [2.24, 2.45) is 0 Å². The van der Waals surface area contributed by atoms with Gasteiger partial charge in [0.1, 0.15) is 5.56 Å². The molecule has 8 nitrogen and oxygen atoms in total. The normalized spacial score (nSPS) is 10.7. The Bertz CT molecular complexity index is 915. The molecule has 3 aromatic heterocycles. The van der Waals surface area contributed by atoms with Crippen molar-refractivity contribution < 1.29 is 9.53 Å². The molecule has 0 aliphatic carbocycles. The summed E-state index contributed by atoms with van der Waals surface area (Å²) in [5.74, 6) is -0.00856. The number of hydrogen-bond acceptors (Lipinski definition) is 5. The second-order valence-corrected chi connectivity index (χ2v) is 4.98. The van der Waals surface area contributed by atoms with Crippen molar-refractivity contribution in [3.63, 3.8) is 0 Å². The fourth-order valence-electron chi connectivity index (χ4n) is 2.30. The van der Waals surface area contributed by atoms with Crippen LogP contribution in [0.5, 0.6) is 5.88 Å². The van der Waals surface area contributed by atoms with Gasteiger partial charge in [-0.25, -0.2) is 14.5 Å². The lowest BCUT2D eigenvalue weighted by Gasteiger charge is -2.09. The maximum atomic E-state index is 12.2. The molecule has 0 spiro atoms. The number of amides is 1. The van der Waals surface area contributed by atoms with Crippen LogP contribution in [0.4, 0.5) is 0 Å². The highest BCUT2D eigenvalue weighted by molar-refractivity contribution is 5.96. The third-order valence-electron chi connectivity index (χ3n) is 3.39. The van der Waals surface area contributed by atoms with Crippen LogP contribution < -0.4 is 15.7 Å². The van der Waals surface area contributed by atoms with Gasteiger partial charge in [0, 0.05) is 18.9 Å². The molecule has 0 radical (unpaired) electrons. The Hall–Kier alpha value is -3.16. The Kier molecular flexibility index (Phi) is 4.55. The van der Waals surface area contributed by atoms with Crippen LogP contribution in [0.15, 0.2) is 47.5 Å². The zero-order chi connectivity index (χ0) is 16.9. The highest BCUT2D eigenvalue weighted by atomic mass is 16.5. The smallest absolute Gasteiger partial charge is 0.350 e. The van der Waals surface area contributed by atoms with Gasteiger partial charge >= 0.3 is 5.69 Å². The van der Waals surface area contributed by atoms with E-state index < -0.39 is 0 Å². The summed E-state index contributed by atoms with van der Waals surface area (Å²) in [6, 6.07) is 8.64. The highest BCUT2D eigenvalue weighted by Gasteiger charge is 2.13. The summed E-state index contributed by atoms with van der Waals surface area (Å²) in [5, 5.41) is 6.96. The van der Waals surface area contributed by atoms with E-state index in [1.54, 1.807) is 36.7 Å². The molecule has 3 heterocycles. The number of aromatic nitrogens is 4. The monoisotopic (exact) mass is 327 g/mol. The summed E-state index contributed by atoms with van der Waals surface area (Å²) in [6.07, 6.45) is 3.22. The highest BCUT2D eigenvalue weighted by Crippen LogP contribution is 2.13. The number of carbonyl (C=O) groups is 1. The average Bonchev–Trinajstić information content (AvgIpc) is 2.92. The number of hydrogen-bond donors (Lipinski definition) is 1. The van der Waals surface area contributed by atoms with Crippen LogP contribution in [0.3, 0.4) is 0 Å². The summed E-state index contributed by atoms with van der Waals surface area (Å²) >= 11 is 0. The molecular formula is C16H17N5O3. The predicted octanol–water partition coefficient (Wildman–Crippen LogP) is 0.720. The van der Waals surface area contributed by atoms with E-state index in [1.165, 1.54) is 9.08 Å². The third kappa shape index (κ3) is 3.12. The van der Waals surface area contributed by atoms with Crippen molar-refractivity contribution in [1.82, 2.24) is 24.5 Å². The summed E-state index contributed by atoms with van der Waals surface area (Å²) in [5.41, 5.74) is 0.692. The number of carbonyl (C=O) groups excluding carboxylic acids is 1. The van der Waals surface area contributed by atoms with E-state index >= 15 is 0 Å². The van der Waals surface area contributed by atoms with Gasteiger partial charge in [-0.1, -0.05) is 6.07 Å². The molecule has 3 aromatic rings. The molecule has 1 N–H and O–H groups in total. The topological polar surface area (TPSA) is 90.5 Å². The maximum Gasteiger partial charge on any atom is 0.350 e. The minimum Gasteiger partial charge on any atom is -0.477 e. The molecule has 0 aliphatic rings. The van der Waals surface area contributed by atoms with Crippen molar-refractivity contribution in [1.29, 1.82) is 0 Å². The first-order valence-electron chi connectivity index (χ1n) is 7.61. The molecule has 0 saturated carbocycles. The van der Waals surface area contributed by atoms with Gasteiger partial charge in [0.15, 0.2) is 5.65 Å². The van der Waals surface area contributed by atoms with Crippen molar-refractivity contribution >= 4 is 11.6 Å². The molecule has 1 amide bonds. The van der Waals surface area contributed by atoms with Gasteiger partial charge in [-0.2, -0.15) is 0 Å². The van der Waals surface area contributed by atoms with Gasteiger partial charge in [-0.05, 0) is 31.2 Å². The van der Waals surface area contributed by atoms with Crippen LogP contribution in [0.25, 0.3) is 5.65 Å². The Morgan fingerprint density at radius 3 is 2.96 bits per heavy atom. The second-order valence-electron chi connectivity index (χ2n) is 4.98. The van der Waals surface area contributed by atoms with Gasteiger partial charge in [-0.15, -0.1) is 5.10 Å². The average molecular weight is 327 g/mol. The van der Waals surface area contributed by atoms with E-state index in [2.05, 4.69) is 15.4 Å². The minimum absolute atomic E-state index is 0.240. The van der Waals surface area contributed by atoms with Crippen molar-refractivity contribution in [2.75, 3.05) is 13.2 Å². The van der Waals surface area contributed by atoms with Gasteiger partial charge < -0.3 is 10.1 Å². The molecule has 0 bridgehead atoms. The number of nitrogens with one attached hydrogen (secondary N) is 1. The number of nitrogens with zero attached hydrogens (tertiary/aromatic N) is 4. The molecule has 124 valence electrons. The number of ether oxygens (including phenoxy) is 1. The molecule has 0 saturated heterocycles. The van der Waals surface area contributed by atoms with Crippen LogP contribution >= 0.6 is 0 Å². The fraction of sp³-hybridized carbons (Fsp3) is 0.250. The number of pyridine rings is 2. The largest absolute Gasteiger partial charge is 0.477 e. The van der Waals surface area contributed by atoms with Crippen molar-refractivity contribution in [2.45, 2.75) is 13.5 Å². The van der Waals surface area contributed by atoms with E-state index in [0.717, 1.165) is 0 Å². The van der Waals surface area contributed by atoms with E-state index in [9.17, 15) is 9.59 Å². The molecular weight excluding hydrogens is 310 g/mol. The lowest BCUT2D eigenvalue weighted by Crippen LogP contribution is -2.31. The van der Waals surface area contributed by atoms with Crippen LogP contribution in [-0.4, -0.2) is 38.2 Å². The van der Waals surface area contributed by atoms with Gasteiger partial charge in [0.05, 0.1) is 13.2 Å². The van der Waals surface area contributed by atoms with Crippen molar-refractivity contribution in [3.05, 3.63) is 58.8 Å². The Labute approximate surface area is 137 Å². The van der Waals surface area contributed by atoms with E-state index in [1.807, 2.05) is 13.0 Å². The molecule has 0 aromatic carbocycles. The van der Waals surface area contributed by atoms with E-state index in [4.69, 9.17) is 4.74 Å². The van der Waals surface area contributed by atoms with Crippen LogP contribution in [0, 0.1) is 0 Å². The molecule has 3 rings (SSSR count). The van der Waals surface area contributed by atoms with Crippen LogP contribution in [0.1, 0.15) is 17.3 Å². The van der Waals surface area contributed by atoms with Crippen LogP contribution in [0.2, 0.25) is 0 Å². The first kappa shape index (κ1) is 15.7. The quantitative estimate of drug-likeness (QED) is 0.720. The maximum absolute atomic E-state index is 12.2.